The molecule has 0 bridgehead atoms. The van der Waals surface area contributed by atoms with Crippen LogP contribution in [-0.4, -0.2) is 131 Å². The Morgan fingerprint density at radius 3 is 0.884 bits per heavy atom. The van der Waals surface area contributed by atoms with Crippen LogP contribution < -0.4 is 65.6 Å². The van der Waals surface area contributed by atoms with E-state index >= 15 is 0 Å². The van der Waals surface area contributed by atoms with E-state index in [1.807, 2.05) is 111 Å². The molecule has 4 saturated heterocycles. The molecule has 12 aromatic rings. The topological polar surface area (TPSA) is 231 Å². The number of aliphatic hydroxyl groups excluding tert-OH is 2. The predicted molar refractivity (Wildman–Crippen MR) is 462 cm³/mol. The normalized spacial score (nSPS) is 15.9. The Morgan fingerprint density at radius 1 is 0.314 bits per heavy atom. The summed E-state index contributed by atoms with van der Waals surface area (Å²) in [7, 11) is 0. The highest BCUT2D eigenvalue weighted by atomic mass is 19.2. The summed E-state index contributed by atoms with van der Waals surface area (Å²) in [6, 6.07) is 69.3. The molecular weight excluding hydrogens is 1550 g/mol. The van der Waals surface area contributed by atoms with Crippen molar-refractivity contribution < 1.29 is 75.0 Å². The molecule has 0 aromatic heterocycles. The van der Waals surface area contributed by atoms with Crippen LogP contribution in [0.15, 0.2) is 243 Å². The van der Waals surface area contributed by atoms with Crippen LogP contribution in [-0.2, 0) is 0 Å². The summed E-state index contributed by atoms with van der Waals surface area (Å²) in [5.41, 5.74) is 14.9. The lowest BCUT2D eigenvalue weighted by atomic mass is 10.0. The van der Waals surface area contributed by atoms with Crippen LogP contribution >= 0.6 is 0 Å². The summed E-state index contributed by atoms with van der Waals surface area (Å²) in [5, 5.41) is 40.5. The number of aliphatic hydroxyl groups is 2. The number of nitrogens with one attached hydrogen (secondary N) is 7. The molecule has 0 saturated carbocycles. The van der Waals surface area contributed by atoms with Crippen molar-refractivity contribution in [3.8, 4) is 101 Å². The van der Waals surface area contributed by atoms with E-state index in [0.29, 0.717) is 80.0 Å². The van der Waals surface area contributed by atoms with Gasteiger partial charge < -0.3 is 75.9 Å². The van der Waals surface area contributed by atoms with Crippen molar-refractivity contribution in [1.82, 2.24) is 21.3 Å². The number of benzene rings is 12. The second-order valence-corrected chi connectivity index (χ2v) is 30.1. The number of halogens is 5. The smallest absolute Gasteiger partial charge is 0.255 e. The van der Waals surface area contributed by atoms with Crippen LogP contribution in [0.5, 0.6) is 34.5 Å². The second-order valence-electron chi connectivity index (χ2n) is 30.1. The summed E-state index contributed by atoms with van der Waals surface area (Å²) >= 11 is 0. The van der Waals surface area contributed by atoms with Crippen molar-refractivity contribution in [1.29, 1.82) is 0 Å². The average Bonchev–Trinajstić information content (AvgIpc) is 1.79. The van der Waals surface area contributed by atoms with Gasteiger partial charge >= 0.3 is 0 Å². The second kappa shape index (κ2) is 40.3. The molecule has 16 rings (SSSR count). The zero-order chi connectivity index (χ0) is 84.3. The molecule has 9 N–H and O–H groups in total. The van der Waals surface area contributed by atoms with Crippen molar-refractivity contribution in [2.75, 3.05) is 94.7 Å². The first-order chi connectivity index (χ1) is 58.8. The largest absolute Gasteiger partial charge is 0.491 e. The van der Waals surface area contributed by atoms with Gasteiger partial charge in [-0.25, -0.2) is 22.0 Å². The molecule has 622 valence electrons. The van der Waals surface area contributed by atoms with Gasteiger partial charge in [-0.2, -0.15) is 0 Å². The maximum atomic E-state index is 14.2. The van der Waals surface area contributed by atoms with E-state index in [-0.39, 0.29) is 74.0 Å². The monoisotopic (exact) mass is 1640 g/mol. The molecule has 4 atom stereocenters. The van der Waals surface area contributed by atoms with Crippen LogP contribution in [0.2, 0.25) is 0 Å². The molecule has 0 spiro atoms. The van der Waals surface area contributed by atoms with Crippen molar-refractivity contribution in [3.05, 3.63) is 305 Å². The maximum Gasteiger partial charge on any atom is 0.255 e. The fourth-order valence-corrected chi connectivity index (χ4v) is 14.6. The Kier molecular flexibility index (Phi) is 28.2. The first-order valence-corrected chi connectivity index (χ1v) is 40.5. The van der Waals surface area contributed by atoms with Gasteiger partial charge in [-0.05, 0) is 252 Å². The van der Waals surface area contributed by atoms with E-state index in [2.05, 4.69) is 68.4 Å². The molecule has 23 heteroatoms. The minimum absolute atomic E-state index is 0.00525. The van der Waals surface area contributed by atoms with Gasteiger partial charge in [0.2, 0.25) is 0 Å². The van der Waals surface area contributed by atoms with E-state index < -0.39 is 29.2 Å². The Hall–Kier alpha value is -12.7. The van der Waals surface area contributed by atoms with Gasteiger partial charge in [0.05, 0.1) is 13.2 Å². The Bertz CT molecular complexity index is 5600. The molecule has 18 nitrogen and oxygen atoms in total. The molecule has 0 aliphatic carbocycles. The fraction of sp³-hybridized carbons (Fsp3) is 0.235. The van der Waals surface area contributed by atoms with Gasteiger partial charge in [-0.3, -0.25) is 14.4 Å². The van der Waals surface area contributed by atoms with Gasteiger partial charge in [-0.15, -0.1) is 0 Å². The number of aryl methyl sites for hydroxylation is 3. The molecule has 4 aliphatic rings. The summed E-state index contributed by atoms with van der Waals surface area (Å²) in [6.45, 7) is 12.5. The van der Waals surface area contributed by atoms with Gasteiger partial charge in [0.25, 0.3) is 17.7 Å². The van der Waals surface area contributed by atoms with Gasteiger partial charge in [-0.1, -0.05) is 114 Å². The van der Waals surface area contributed by atoms with Crippen molar-refractivity contribution >= 4 is 34.8 Å². The third-order valence-corrected chi connectivity index (χ3v) is 21.1. The summed E-state index contributed by atoms with van der Waals surface area (Å²) in [4.78, 5) is 40.2. The van der Waals surface area contributed by atoms with E-state index in [9.17, 15) is 41.4 Å². The summed E-state index contributed by atoms with van der Waals surface area (Å²) in [6.07, 6.45) is 3.84. The number of amides is 3. The molecule has 4 aliphatic heterocycles. The highest BCUT2D eigenvalue weighted by molar-refractivity contribution is 6.08. The zero-order valence-electron chi connectivity index (χ0n) is 67.2. The lowest BCUT2D eigenvalue weighted by molar-refractivity contribution is 0.101. The first kappa shape index (κ1) is 84.7. The SMILES string of the molecule is Cc1ccc(-c2cc(NC(=O)c3ccc(OCCO)c(-c4ccc(F)c(F)c4)c3)ccc2OCCO)cc1.Cc1ccc(-c2cc(NC(=O)c3ccc(O[C@H]4CCNC4)c(-c4ccc(F)c(F)c4)c3)ccc2O[C@H]2CCNC2)cc1.Cc1ccc(-c2cc(NC(=O)c3ccc(O[C@H]4CCNC4)c(-c4ccc(F)cc4)c3)ccc2O[C@H]2CCNC2)cc1. The van der Waals surface area contributed by atoms with E-state index in [0.717, 1.165) is 163 Å². The Labute approximate surface area is 699 Å². The third kappa shape index (κ3) is 22.2. The van der Waals surface area contributed by atoms with Crippen LogP contribution in [0.25, 0.3) is 66.8 Å². The van der Waals surface area contributed by atoms with Gasteiger partial charge in [0.15, 0.2) is 23.3 Å². The van der Waals surface area contributed by atoms with Gasteiger partial charge in [0.1, 0.15) is 77.9 Å². The number of hydrogen-bond acceptors (Lipinski definition) is 15. The molecule has 3 amide bonds. The number of hydrogen-bond donors (Lipinski definition) is 9. The van der Waals surface area contributed by atoms with Crippen LogP contribution in [0.4, 0.5) is 39.0 Å². The summed E-state index contributed by atoms with van der Waals surface area (Å²) < 4.78 is 105. The minimum Gasteiger partial charge on any atom is -0.491 e. The van der Waals surface area contributed by atoms with Crippen LogP contribution in [0.3, 0.4) is 0 Å². The van der Waals surface area contributed by atoms with Gasteiger partial charge in [0, 0.05) is 93.3 Å². The van der Waals surface area contributed by atoms with Crippen molar-refractivity contribution in [2.45, 2.75) is 70.9 Å². The molecule has 4 heterocycles. The predicted octanol–water partition coefficient (Wildman–Crippen LogP) is 18.1. The quantitative estimate of drug-likeness (QED) is 0.0230. The highest BCUT2D eigenvalue weighted by Crippen LogP contribution is 2.41. The van der Waals surface area contributed by atoms with Crippen molar-refractivity contribution in [3.63, 3.8) is 0 Å². The number of carbonyl (C=O) groups excluding carboxylic acids is 3. The number of carbonyl (C=O) groups is 3. The average molecular weight is 1640 g/mol. The lowest BCUT2D eigenvalue weighted by Gasteiger charge is -2.19. The molecule has 12 aromatic carbocycles. The molecule has 0 radical (unpaired) electrons. The van der Waals surface area contributed by atoms with Crippen molar-refractivity contribution in [2.24, 2.45) is 0 Å². The minimum atomic E-state index is -1.03. The fourth-order valence-electron chi connectivity index (χ4n) is 14.6. The lowest BCUT2D eigenvalue weighted by Crippen LogP contribution is -2.20. The Morgan fingerprint density at radius 2 is 0.579 bits per heavy atom. The first-order valence-electron chi connectivity index (χ1n) is 40.5. The summed E-state index contributed by atoms with van der Waals surface area (Å²) in [5.74, 6) is -1.63. The Balaban J connectivity index is 0.000000149. The molecular formula is C98H94F5N7O11. The maximum absolute atomic E-state index is 14.2. The zero-order valence-corrected chi connectivity index (χ0v) is 67.2. The van der Waals surface area contributed by atoms with E-state index in [4.69, 9.17) is 33.5 Å². The van der Waals surface area contributed by atoms with Crippen LogP contribution in [0.1, 0.15) is 73.4 Å². The van der Waals surface area contributed by atoms with Crippen LogP contribution in [0, 0.1) is 49.9 Å². The standard InChI is InChI=1S/C34H33F2N3O3.C34H34FN3O3.C30H27F2NO5/c1-21-2-4-22(5-3-21)29-18-25(8-11-33(29)42-27-13-15-38-20-27)39-34(40)24-7-10-32(41-26-12-14-37-19-26)28(16-24)23-6-9-30(35)31(36)17-23;1-22-2-4-23(5-3-22)31-19-27(11-13-33(31)41-29-15-17-37-21-29)38-34(39)25-8-12-32(40-28-14-16-36-20-28)30(18-25)24-6-9-26(35)10-7-24;1-19-2-4-20(5-3-19)25-18-23(8-11-29(25)38-15-13-35)33-30(36)22-7-10-28(37-14-12-34)24(16-22)21-6-9-26(31)27(32)17-21/h2-11,16-18,26-27,37-38H,12-15,19-20H2,1H3,(H,39,40);2-13,18-19,28-29,36-37H,14-17,20-21H2,1H3,(H,38,39);2-11,16-18,34-35H,12-15H2,1H3,(H,33,36)/t26-,27-;28-,29-;/m00./s1. The number of ether oxygens (including phenoxy) is 6. The molecule has 121 heavy (non-hydrogen) atoms. The third-order valence-electron chi connectivity index (χ3n) is 21.1. The highest BCUT2D eigenvalue weighted by Gasteiger charge is 2.26. The molecule has 0 unspecified atom stereocenters. The number of rotatable bonds is 26. The van der Waals surface area contributed by atoms with E-state index in [1.54, 1.807) is 66.7 Å². The van der Waals surface area contributed by atoms with E-state index in [1.165, 1.54) is 35.9 Å². The molecule has 4 fully saturated rings. The number of anilines is 3.